The number of piperidine rings is 1. The van der Waals surface area contributed by atoms with Crippen LogP contribution in [-0.4, -0.2) is 27.6 Å². The van der Waals surface area contributed by atoms with Crippen LogP contribution in [0.1, 0.15) is 42.8 Å². The van der Waals surface area contributed by atoms with Gasteiger partial charge in [-0.25, -0.2) is 9.97 Å². The number of aryl methyl sites for hydroxylation is 2. The molecule has 1 atom stereocenters. The summed E-state index contributed by atoms with van der Waals surface area (Å²) in [6, 6.07) is 6.03. The molecule has 5 nitrogen and oxygen atoms in total. The molecule has 1 fully saturated rings. The van der Waals surface area contributed by atoms with E-state index in [1.54, 1.807) is 0 Å². The van der Waals surface area contributed by atoms with Crippen molar-refractivity contribution in [2.24, 2.45) is 0 Å². The summed E-state index contributed by atoms with van der Waals surface area (Å²) < 4.78 is 2.21. The maximum Gasteiger partial charge on any atom is 0.146 e. The molecule has 114 valence electrons. The van der Waals surface area contributed by atoms with Crippen molar-refractivity contribution in [1.29, 1.82) is 5.26 Å². The fraction of sp³-hybridized carbons (Fsp3) is 0.471. The zero-order valence-electron chi connectivity index (χ0n) is 13.2. The highest BCUT2D eigenvalue weighted by Gasteiger charge is 2.26. The number of nitriles is 1. The molecule has 3 heterocycles. The molecule has 2 aromatic heterocycles. The molecule has 1 aliphatic rings. The lowest BCUT2D eigenvalue weighted by atomic mass is 9.96. The van der Waals surface area contributed by atoms with Crippen molar-refractivity contribution in [3.63, 3.8) is 0 Å². The topological polar surface area (TPSA) is 57.7 Å². The van der Waals surface area contributed by atoms with Gasteiger partial charge in [0.1, 0.15) is 17.7 Å². The van der Waals surface area contributed by atoms with Gasteiger partial charge in [-0.15, -0.1) is 0 Å². The first-order valence-electron chi connectivity index (χ1n) is 7.86. The monoisotopic (exact) mass is 295 g/mol. The molecule has 1 aliphatic heterocycles. The Morgan fingerprint density at radius 2 is 2.27 bits per heavy atom. The predicted molar refractivity (Wildman–Crippen MR) is 85.8 cm³/mol. The van der Waals surface area contributed by atoms with E-state index < -0.39 is 0 Å². The molecular weight excluding hydrogens is 274 g/mol. The van der Waals surface area contributed by atoms with Gasteiger partial charge in [0.15, 0.2) is 0 Å². The van der Waals surface area contributed by atoms with Crippen LogP contribution in [0.25, 0.3) is 0 Å². The maximum atomic E-state index is 9.34. The van der Waals surface area contributed by atoms with Gasteiger partial charge in [-0.2, -0.15) is 5.26 Å². The normalized spacial score (nSPS) is 18.2. The summed E-state index contributed by atoms with van der Waals surface area (Å²) in [4.78, 5) is 11.4. The Labute approximate surface area is 131 Å². The van der Waals surface area contributed by atoms with Gasteiger partial charge >= 0.3 is 0 Å². The van der Waals surface area contributed by atoms with Gasteiger partial charge in [-0.05, 0) is 38.8 Å². The van der Waals surface area contributed by atoms with Crippen LogP contribution in [0, 0.1) is 18.3 Å². The van der Waals surface area contributed by atoms with E-state index in [2.05, 4.69) is 32.4 Å². The highest BCUT2D eigenvalue weighted by Crippen LogP contribution is 2.30. The average Bonchev–Trinajstić information content (AvgIpc) is 3.03. The summed E-state index contributed by atoms with van der Waals surface area (Å²) in [5.41, 5.74) is 1.61. The summed E-state index contributed by atoms with van der Waals surface area (Å²) in [5.74, 6) is 2.37. The highest BCUT2D eigenvalue weighted by molar-refractivity contribution is 5.54. The first kappa shape index (κ1) is 14.6. The van der Waals surface area contributed by atoms with Crippen LogP contribution in [0.4, 0.5) is 5.82 Å². The van der Waals surface area contributed by atoms with Crippen LogP contribution in [-0.2, 0) is 6.54 Å². The second-order valence-electron chi connectivity index (χ2n) is 5.79. The summed E-state index contributed by atoms with van der Waals surface area (Å²) in [6.07, 6.45) is 6.16. The second kappa shape index (κ2) is 6.18. The molecule has 0 aromatic carbocycles. The number of anilines is 1. The minimum atomic E-state index is 0.401. The maximum absolute atomic E-state index is 9.34. The summed E-state index contributed by atoms with van der Waals surface area (Å²) in [7, 11) is 0. The van der Waals surface area contributed by atoms with E-state index in [0.717, 1.165) is 49.8 Å². The predicted octanol–water partition coefficient (Wildman–Crippen LogP) is 2.86. The molecule has 5 heteroatoms. The van der Waals surface area contributed by atoms with Crippen molar-refractivity contribution >= 4 is 5.82 Å². The molecule has 1 unspecified atom stereocenters. The first-order chi connectivity index (χ1) is 10.7. The lowest BCUT2D eigenvalue weighted by Crippen LogP contribution is -2.36. The van der Waals surface area contributed by atoms with Crippen molar-refractivity contribution < 1.29 is 0 Å². The fourth-order valence-corrected chi connectivity index (χ4v) is 3.20. The van der Waals surface area contributed by atoms with E-state index in [0.29, 0.717) is 11.5 Å². The largest absolute Gasteiger partial charge is 0.355 e. The van der Waals surface area contributed by atoms with Gasteiger partial charge in [0.25, 0.3) is 0 Å². The van der Waals surface area contributed by atoms with Gasteiger partial charge in [-0.3, -0.25) is 0 Å². The molecule has 0 amide bonds. The Hall–Kier alpha value is -2.35. The van der Waals surface area contributed by atoms with Gasteiger partial charge < -0.3 is 9.47 Å². The smallest absolute Gasteiger partial charge is 0.146 e. The SMILES string of the molecule is CCn1ccnc1C1CCCN(c2nc(C)ccc2C#N)C1. The second-order valence-corrected chi connectivity index (χ2v) is 5.79. The molecule has 3 rings (SSSR count). The van der Waals surface area contributed by atoms with Crippen molar-refractivity contribution in [3.05, 3.63) is 41.6 Å². The summed E-state index contributed by atoms with van der Waals surface area (Å²) in [5, 5.41) is 9.34. The van der Waals surface area contributed by atoms with Crippen LogP contribution in [0.5, 0.6) is 0 Å². The first-order valence-corrected chi connectivity index (χ1v) is 7.86. The van der Waals surface area contributed by atoms with Crippen molar-refractivity contribution in [2.45, 2.75) is 39.2 Å². The van der Waals surface area contributed by atoms with Gasteiger partial charge in [0.2, 0.25) is 0 Å². The molecule has 0 aliphatic carbocycles. The number of hydrogen-bond donors (Lipinski definition) is 0. The quantitative estimate of drug-likeness (QED) is 0.873. The van der Waals surface area contributed by atoms with Gasteiger partial charge in [-0.1, -0.05) is 0 Å². The Bertz CT molecular complexity index is 697. The van der Waals surface area contributed by atoms with Crippen LogP contribution in [0.15, 0.2) is 24.5 Å². The lowest BCUT2D eigenvalue weighted by molar-refractivity contribution is 0.471. The molecule has 1 saturated heterocycles. The molecular formula is C17H21N5. The Morgan fingerprint density at radius 1 is 1.41 bits per heavy atom. The van der Waals surface area contributed by atoms with Crippen molar-refractivity contribution in [1.82, 2.24) is 14.5 Å². The number of pyridine rings is 1. The van der Waals surface area contributed by atoms with Crippen molar-refractivity contribution in [2.75, 3.05) is 18.0 Å². The molecule has 0 radical (unpaired) electrons. The highest BCUT2D eigenvalue weighted by atomic mass is 15.2. The average molecular weight is 295 g/mol. The molecule has 0 bridgehead atoms. The number of imidazole rings is 1. The summed E-state index contributed by atoms with van der Waals surface area (Å²) >= 11 is 0. The van der Waals surface area contributed by atoms with Gasteiger partial charge in [0, 0.05) is 43.6 Å². The molecule has 0 saturated carbocycles. The molecule has 0 N–H and O–H groups in total. The Kier molecular flexibility index (Phi) is 4.10. The third-order valence-electron chi connectivity index (χ3n) is 4.31. The van der Waals surface area contributed by atoms with Crippen LogP contribution in [0.3, 0.4) is 0 Å². The molecule has 22 heavy (non-hydrogen) atoms. The fourth-order valence-electron chi connectivity index (χ4n) is 3.20. The zero-order chi connectivity index (χ0) is 15.5. The van der Waals surface area contributed by atoms with Crippen LogP contribution >= 0.6 is 0 Å². The van der Waals surface area contributed by atoms with Crippen LogP contribution < -0.4 is 4.90 Å². The Morgan fingerprint density at radius 3 is 3.05 bits per heavy atom. The van der Waals surface area contributed by atoms with E-state index in [1.165, 1.54) is 0 Å². The number of aromatic nitrogens is 3. The van der Waals surface area contributed by atoms with Crippen LogP contribution in [0.2, 0.25) is 0 Å². The van der Waals surface area contributed by atoms with E-state index in [4.69, 9.17) is 0 Å². The third-order valence-corrected chi connectivity index (χ3v) is 4.31. The lowest BCUT2D eigenvalue weighted by Gasteiger charge is -2.34. The van der Waals surface area contributed by atoms with Gasteiger partial charge in [0.05, 0.1) is 5.56 Å². The van der Waals surface area contributed by atoms with E-state index in [-0.39, 0.29) is 0 Å². The minimum Gasteiger partial charge on any atom is -0.355 e. The minimum absolute atomic E-state index is 0.401. The van der Waals surface area contributed by atoms with E-state index in [1.807, 2.05) is 31.5 Å². The van der Waals surface area contributed by atoms with E-state index >= 15 is 0 Å². The number of rotatable bonds is 3. The number of nitrogens with zero attached hydrogens (tertiary/aromatic N) is 5. The third kappa shape index (κ3) is 2.69. The van der Waals surface area contributed by atoms with E-state index in [9.17, 15) is 5.26 Å². The van der Waals surface area contributed by atoms with Crippen molar-refractivity contribution in [3.8, 4) is 6.07 Å². The zero-order valence-corrected chi connectivity index (χ0v) is 13.2. The standard InChI is InChI=1S/C17H21N5/c1-3-21-10-8-19-16(21)15-5-4-9-22(12-15)17-14(11-18)7-6-13(2)20-17/h6-8,10,15H,3-5,9,12H2,1-2H3. The molecule has 0 spiro atoms. The Balaban J connectivity index is 1.88. The molecule has 2 aromatic rings. The summed E-state index contributed by atoms with van der Waals surface area (Å²) in [6.45, 7) is 6.88. The number of hydrogen-bond acceptors (Lipinski definition) is 4.